The molecule has 2 atom stereocenters. The van der Waals surface area contributed by atoms with Gasteiger partial charge in [0.05, 0.1) is 11.8 Å². The van der Waals surface area contributed by atoms with Crippen molar-refractivity contribution in [1.29, 1.82) is 0 Å². The van der Waals surface area contributed by atoms with Crippen molar-refractivity contribution < 1.29 is 45.8 Å². The van der Waals surface area contributed by atoms with Gasteiger partial charge in [0.2, 0.25) is 0 Å². The van der Waals surface area contributed by atoms with Crippen LogP contribution in [-0.2, 0) is 14.3 Å². The fourth-order valence-electron chi connectivity index (χ4n) is 2.00. The lowest BCUT2D eigenvalue weighted by Gasteiger charge is -2.27. The maximum atomic E-state index is 12.4. The van der Waals surface area contributed by atoms with Crippen molar-refractivity contribution in [2.75, 3.05) is 0 Å². The van der Waals surface area contributed by atoms with Crippen molar-refractivity contribution in [3.63, 3.8) is 0 Å². The Bertz CT molecular complexity index is 436. The largest absolute Gasteiger partial charge is 0.481 e. The normalized spacial score (nSPS) is 15.7. The van der Waals surface area contributed by atoms with Gasteiger partial charge in [-0.05, 0) is 33.6 Å². The summed E-state index contributed by atoms with van der Waals surface area (Å²) in [6.45, 7) is 4.24. The zero-order valence-electron chi connectivity index (χ0n) is 13.4. The van der Waals surface area contributed by atoms with Crippen LogP contribution in [0.5, 0.6) is 0 Å². The molecular weight excluding hydrogens is 346 g/mol. The van der Waals surface area contributed by atoms with Gasteiger partial charge in [0.15, 0.2) is 0 Å². The van der Waals surface area contributed by atoms with Gasteiger partial charge in [0.25, 0.3) is 0 Å². The number of esters is 1. The Morgan fingerprint density at radius 1 is 0.875 bits per heavy atom. The Kier molecular flexibility index (Phi) is 7.57. The molecule has 0 saturated carbocycles. The first-order chi connectivity index (χ1) is 10.5. The monoisotopic (exact) mass is 366 g/mol. The molecule has 142 valence electrons. The van der Waals surface area contributed by atoms with E-state index in [9.17, 15) is 35.9 Å². The summed E-state index contributed by atoms with van der Waals surface area (Å²) >= 11 is 0. The molecule has 0 aliphatic rings. The van der Waals surface area contributed by atoms with Crippen LogP contribution in [0.2, 0.25) is 0 Å². The second-order valence-corrected chi connectivity index (χ2v) is 6.39. The predicted octanol–water partition coefficient (Wildman–Crippen LogP) is 4.33. The summed E-state index contributed by atoms with van der Waals surface area (Å²) in [7, 11) is 0. The van der Waals surface area contributed by atoms with Crippen LogP contribution in [0.3, 0.4) is 0 Å². The summed E-state index contributed by atoms with van der Waals surface area (Å²) in [5, 5.41) is 9.06. The highest BCUT2D eigenvalue weighted by Gasteiger charge is 2.41. The van der Waals surface area contributed by atoms with Gasteiger partial charge in [-0.3, -0.25) is 9.59 Å². The lowest BCUT2D eigenvalue weighted by Crippen LogP contribution is -2.36. The highest BCUT2D eigenvalue weighted by Crippen LogP contribution is 2.33. The van der Waals surface area contributed by atoms with E-state index in [-0.39, 0.29) is 0 Å². The number of halogens is 6. The summed E-state index contributed by atoms with van der Waals surface area (Å²) < 4.78 is 78.9. The van der Waals surface area contributed by atoms with E-state index in [1.54, 1.807) is 0 Å². The van der Waals surface area contributed by atoms with E-state index in [1.165, 1.54) is 20.8 Å². The molecule has 0 aromatic rings. The minimum Gasteiger partial charge on any atom is -0.481 e. The first-order valence-corrected chi connectivity index (χ1v) is 7.11. The highest BCUT2D eigenvalue weighted by molar-refractivity contribution is 5.81. The van der Waals surface area contributed by atoms with E-state index in [0.29, 0.717) is 0 Å². The van der Waals surface area contributed by atoms with Crippen LogP contribution < -0.4 is 0 Å². The van der Waals surface area contributed by atoms with E-state index in [4.69, 9.17) is 9.84 Å². The maximum absolute atomic E-state index is 12.4. The molecule has 0 aliphatic carbocycles. The van der Waals surface area contributed by atoms with Crippen LogP contribution >= 0.6 is 0 Å². The van der Waals surface area contributed by atoms with Crippen molar-refractivity contribution in [1.82, 2.24) is 0 Å². The predicted molar refractivity (Wildman–Crippen MR) is 71.0 cm³/mol. The molecule has 0 radical (unpaired) electrons. The van der Waals surface area contributed by atoms with E-state index in [0.717, 1.165) is 0 Å². The van der Waals surface area contributed by atoms with E-state index in [1.807, 2.05) is 0 Å². The number of carbonyl (C=O) groups excluding carboxylic acids is 1. The van der Waals surface area contributed by atoms with Crippen molar-refractivity contribution >= 4 is 11.9 Å². The number of ether oxygens (including phenoxy) is 1. The van der Waals surface area contributed by atoms with Crippen LogP contribution in [0.4, 0.5) is 26.3 Å². The van der Waals surface area contributed by atoms with Crippen molar-refractivity contribution in [3.8, 4) is 0 Å². The third kappa shape index (κ3) is 10.3. The van der Waals surface area contributed by atoms with Gasteiger partial charge in [0, 0.05) is 12.8 Å². The molecule has 0 bridgehead atoms. The number of rotatable bonds is 7. The first kappa shape index (κ1) is 22.5. The van der Waals surface area contributed by atoms with E-state index in [2.05, 4.69) is 0 Å². The molecule has 1 N–H and O–H groups in total. The molecule has 0 heterocycles. The summed E-state index contributed by atoms with van der Waals surface area (Å²) in [6.07, 6.45) is -14.3. The van der Waals surface area contributed by atoms with Gasteiger partial charge in [-0.2, -0.15) is 26.3 Å². The summed E-state index contributed by atoms with van der Waals surface area (Å²) in [4.78, 5) is 23.2. The lowest BCUT2D eigenvalue weighted by atomic mass is 9.84. The zero-order valence-corrected chi connectivity index (χ0v) is 13.4. The van der Waals surface area contributed by atoms with Crippen LogP contribution in [-0.4, -0.2) is 35.0 Å². The molecule has 0 aromatic carbocycles. The molecule has 0 amide bonds. The Hall–Kier alpha value is -1.48. The second-order valence-electron chi connectivity index (χ2n) is 6.39. The van der Waals surface area contributed by atoms with Gasteiger partial charge < -0.3 is 9.84 Å². The molecule has 0 aromatic heterocycles. The number of alkyl halides is 6. The van der Waals surface area contributed by atoms with Crippen molar-refractivity contribution in [2.45, 2.75) is 64.4 Å². The highest BCUT2D eigenvalue weighted by atomic mass is 19.4. The van der Waals surface area contributed by atoms with Crippen LogP contribution in [0.1, 0.15) is 46.5 Å². The number of carbonyl (C=O) groups is 2. The number of carboxylic acid groups (broad SMARTS) is 1. The molecule has 24 heavy (non-hydrogen) atoms. The smallest absolute Gasteiger partial charge is 0.389 e. The molecule has 0 spiro atoms. The minimum atomic E-state index is -4.68. The molecule has 10 heteroatoms. The molecule has 0 fully saturated rings. The van der Waals surface area contributed by atoms with E-state index >= 15 is 0 Å². The van der Waals surface area contributed by atoms with Crippen LogP contribution in [0.25, 0.3) is 0 Å². The van der Waals surface area contributed by atoms with Gasteiger partial charge in [-0.15, -0.1) is 0 Å². The Morgan fingerprint density at radius 2 is 1.25 bits per heavy atom. The van der Waals surface area contributed by atoms with Crippen molar-refractivity contribution in [3.05, 3.63) is 0 Å². The summed E-state index contributed by atoms with van der Waals surface area (Å²) in [6, 6.07) is 0. The molecule has 0 aliphatic heterocycles. The van der Waals surface area contributed by atoms with Crippen LogP contribution in [0.15, 0.2) is 0 Å². The topological polar surface area (TPSA) is 63.6 Å². The van der Waals surface area contributed by atoms with Gasteiger partial charge in [-0.1, -0.05) is 0 Å². The Labute approximate surface area is 135 Å². The summed E-state index contributed by atoms with van der Waals surface area (Å²) in [5.41, 5.74) is -1.11. The number of carboxylic acids is 1. The lowest BCUT2D eigenvalue weighted by molar-refractivity contribution is -0.174. The SMILES string of the molecule is CC(C)(C)OC(=O)[C@@H](CCC(F)(F)F)[C@@H](CCC(F)(F)F)C(=O)O. The van der Waals surface area contributed by atoms with Crippen molar-refractivity contribution in [2.24, 2.45) is 11.8 Å². The van der Waals surface area contributed by atoms with Gasteiger partial charge >= 0.3 is 24.3 Å². The fraction of sp³-hybridized carbons (Fsp3) is 0.857. The van der Waals surface area contributed by atoms with Gasteiger partial charge in [0.1, 0.15) is 5.60 Å². The quantitative estimate of drug-likeness (QED) is 0.538. The average Bonchev–Trinajstić information content (AvgIpc) is 2.27. The molecule has 4 nitrogen and oxygen atoms in total. The summed E-state index contributed by atoms with van der Waals surface area (Å²) in [5.74, 6) is -6.74. The molecular formula is C14H20F6O4. The fourth-order valence-corrected chi connectivity index (χ4v) is 2.00. The third-order valence-electron chi connectivity index (χ3n) is 2.99. The Morgan fingerprint density at radius 3 is 1.54 bits per heavy atom. The molecule has 0 unspecified atom stereocenters. The minimum absolute atomic E-state index is 0.951. The third-order valence-corrected chi connectivity index (χ3v) is 2.99. The van der Waals surface area contributed by atoms with Crippen LogP contribution in [0, 0.1) is 11.8 Å². The molecule has 0 saturated heterocycles. The van der Waals surface area contributed by atoms with Gasteiger partial charge in [-0.25, -0.2) is 0 Å². The van der Waals surface area contributed by atoms with E-state index < -0.39 is 67.4 Å². The number of aliphatic carboxylic acids is 1. The maximum Gasteiger partial charge on any atom is 0.389 e. The standard InChI is InChI=1S/C14H20F6O4/c1-12(2,3)24-11(23)9(5-7-14(18,19)20)8(10(21)22)4-6-13(15,16)17/h8-9H,4-7H2,1-3H3,(H,21,22)/t8-,9+/m1/s1. The zero-order chi connectivity index (χ0) is 19.3. The average molecular weight is 366 g/mol. The number of hydrogen-bond acceptors (Lipinski definition) is 3. The molecule has 0 rings (SSSR count). The Balaban J connectivity index is 5.34. The first-order valence-electron chi connectivity index (χ1n) is 7.11. The number of hydrogen-bond donors (Lipinski definition) is 1. The second kappa shape index (κ2) is 8.06.